The van der Waals surface area contributed by atoms with Gasteiger partial charge in [0.05, 0.1) is 0 Å². The summed E-state index contributed by atoms with van der Waals surface area (Å²) in [5.41, 5.74) is 4.79. The average molecular weight is 542 g/mol. The maximum Gasteiger partial charge on any atom is 0.326 e. The van der Waals surface area contributed by atoms with Gasteiger partial charge in [0.2, 0.25) is 0 Å². The predicted molar refractivity (Wildman–Crippen MR) is 159 cm³/mol. The van der Waals surface area contributed by atoms with E-state index in [1.807, 2.05) is 48.8 Å². The van der Waals surface area contributed by atoms with Gasteiger partial charge < -0.3 is 10.4 Å². The monoisotopic (exact) mass is 541 g/mol. The molecule has 6 heteroatoms. The topological polar surface area (TPSA) is 92.2 Å². The molecule has 6 nitrogen and oxygen atoms in total. The minimum absolute atomic E-state index is 0.0245. The van der Waals surface area contributed by atoms with Gasteiger partial charge in [-0.15, -0.1) is 0 Å². The van der Waals surface area contributed by atoms with Gasteiger partial charge in [-0.05, 0) is 77.2 Å². The predicted octanol–water partition coefficient (Wildman–Crippen LogP) is 7.19. The van der Waals surface area contributed by atoms with E-state index in [2.05, 4.69) is 56.8 Å². The normalized spacial score (nSPS) is 18.6. The van der Waals surface area contributed by atoms with Gasteiger partial charge in [-0.1, -0.05) is 77.9 Å². The summed E-state index contributed by atoms with van der Waals surface area (Å²) in [6, 6.07) is 13.8. The third-order valence-electron chi connectivity index (χ3n) is 8.36. The van der Waals surface area contributed by atoms with E-state index in [1.165, 1.54) is 31.2 Å². The van der Waals surface area contributed by atoms with Gasteiger partial charge in [-0.2, -0.15) is 0 Å². The SMILES string of the molecule is CC(C)(C)c1ccc(C(=O)N[C@@H](Cc2ccc(-c3ncc(C4CCC(C(C)(C)C)CC4)cn3)cc2)C(=O)O)cc1. The average Bonchev–Trinajstić information content (AvgIpc) is 2.92. The van der Waals surface area contributed by atoms with Crippen LogP contribution in [0.25, 0.3) is 11.4 Å². The second-order valence-electron chi connectivity index (χ2n) is 13.3. The number of carbonyl (C=O) groups excluding carboxylic acids is 1. The summed E-state index contributed by atoms with van der Waals surface area (Å²) in [6.45, 7) is 13.3. The van der Waals surface area contributed by atoms with Gasteiger partial charge in [0.1, 0.15) is 6.04 Å². The quantitative estimate of drug-likeness (QED) is 0.330. The summed E-state index contributed by atoms with van der Waals surface area (Å²) in [5.74, 6) is 0.482. The van der Waals surface area contributed by atoms with Crippen molar-refractivity contribution in [2.75, 3.05) is 0 Å². The Balaban J connectivity index is 1.36. The van der Waals surface area contributed by atoms with E-state index in [4.69, 9.17) is 0 Å². The van der Waals surface area contributed by atoms with E-state index in [1.54, 1.807) is 12.1 Å². The standard InChI is InChI=1S/C34H43N3O3/c1-33(2,3)27-15-11-23(12-16-27)26-20-35-30(36-21-26)24-9-7-22(8-10-24)19-29(32(39)40)37-31(38)25-13-17-28(18-14-25)34(4,5)6/h7-10,13-14,17-18,20-21,23,27,29H,11-12,15-16,19H2,1-6H3,(H,37,38)(H,39,40)/t23?,27?,29-/m0/s1. The Morgan fingerprint density at radius 1 is 0.875 bits per heavy atom. The van der Waals surface area contributed by atoms with Crippen LogP contribution in [0.1, 0.15) is 100 Å². The largest absolute Gasteiger partial charge is 0.480 e. The molecule has 1 aromatic heterocycles. The van der Waals surface area contributed by atoms with Crippen molar-refractivity contribution in [3.63, 3.8) is 0 Å². The number of aromatic nitrogens is 2. The molecule has 0 aliphatic heterocycles. The molecule has 4 rings (SSSR count). The first-order valence-corrected chi connectivity index (χ1v) is 14.4. The first-order chi connectivity index (χ1) is 18.8. The first kappa shape index (κ1) is 29.4. The Morgan fingerprint density at radius 2 is 1.45 bits per heavy atom. The smallest absolute Gasteiger partial charge is 0.326 e. The van der Waals surface area contributed by atoms with Crippen molar-refractivity contribution in [1.29, 1.82) is 0 Å². The van der Waals surface area contributed by atoms with E-state index in [-0.39, 0.29) is 11.8 Å². The van der Waals surface area contributed by atoms with Crippen LogP contribution >= 0.6 is 0 Å². The Bertz CT molecular complexity index is 1290. The first-order valence-electron chi connectivity index (χ1n) is 14.4. The molecule has 2 aromatic carbocycles. The van der Waals surface area contributed by atoms with Crippen molar-refractivity contribution in [2.45, 2.75) is 91.0 Å². The molecule has 1 atom stereocenters. The number of hydrogen-bond donors (Lipinski definition) is 2. The molecule has 0 radical (unpaired) electrons. The van der Waals surface area contributed by atoms with E-state index < -0.39 is 17.9 Å². The molecule has 1 saturated carbocycles. The van der Waals surface area contributed by atoms with Crippen LogP contribution in [-0.4, -0.2) is 33.0 Å². The minimum Gasteiger partial charge on any atom is -0.480 e. The summed E-state index contributed by atoms with van der Waals surface area (Å²) in [4.78, 5) is 34.0. The molecule has 40 heavy (non-hydrogen) atoms. The number of rotatable bonds is 7. The van der Waals surface area contributed by atoms with Crippen LogP contribution < -0.4 is 5.32 Å². The van der Waals surface area contributed by atoms with Crippen LogP contribution in [0.15, 0.2) is 60.9 Å². The van der Waals surface area contributed by atoms with Crippen LogP contribution in [0.4, 0.5) is 0 Å². The van der Waals surface area contributed by atoms with Crippen LogP contribution in [0, 0.1) is 11.3 Å². The highest BCUT2D eigenvalue weighted by molar-refractivity contribution is 5.96. The third kappa shape index (κ3) is 7.35. The minimum atomic E-state index is -1.07. The number of carboxylic acids is 1. The third-order valence-corrected chi connectivity index (χ3v) is 8.36. The van der Waals surface area contributed by atoms with Crippen molar-refractivity contribution < 1.29 is 14.7 Å². The lowest BCUT2D eigenvalue weighted by Gasteiger charge is -2.37. The van der Waals surface area contributed by atoms with Crippen LogP contribution in [0.3, 0.4) is 0 Å². The highest BCUT2D eigenvalue weighted by Gasteiger charge is 2.30. The van der Waals surface area contributed by atoms with E-state index in [0.29, 0.717) is 22.7 Å². The zero-order valence-electron chi connectivity index (χ0n) is 24.7. The molecule has 1 fully saturated rings. The van der Waals surface area contributed by atoms with Gasteiger partial charge in [-0.25, -0.2) is 14.8 Å². The zero-order valence-corrected chi connectivity index (χ0v) is 24.7. The molecule has 0 unspecified atom stereocenters. The molecule has 0 spiro atoms. The number of hydrogen-bond acceptors (Lipinski definition) is 4. The van der Waals surface area contributed by atoms with Crippen LogP contribution in [-0.2, 0) is 16.6 Å². The highest BCUT2D eigenvalue weighted by atomic mass is 16.4. The molecular formula is C34H43N3O3. The Hall–Kier alpha value is -3.54. The molecular weight excluding hydrogens is 498 g/mol. The molecule has 1 heterocycles. The summed E-state index contributed by atoms with van der Waals surface area (Å²) in [6.07, 6.45) is 8.96. The fourth-order valence-corrected chi connectivity index (χ4v) is 5.58. The lowest BCUT2D eigenvalue weighted by molar-refractivity contribution is -0.139. The van der Waals surface area contributed by atoms with Crippen molar-refractivity contribution >= 4 is 11.9 Å². The number of carbonyl (C=O) groups is 2. The molecule has 212 valence electrons. The lowest BCUT2D eigenvalue weighted by atomic mass is 9.69. The zero-order chi connectivity index (χ0) is 29.1. The maximum absolute atomic E-state index is 12.8. The lowest BCUT2D eigenvalue weighted by Crippen LogP contribution is -2.42. The number of carboxylic acid groups (broad SMARTS) is 1. The van der Waals surface area contributed by atoms with Crippen LogP contribution in [0.5, 0.6) is 0 Å². The molecule has 3 aromatic rings. The number of nitrogens with zero attached hydrogens (tertiary/aromatic N) is 2. The fraction of sp³-hybridized carbons (Fsp3) is 0.471. The Labute approximate surface area is 238 Å². The van der Waals surface area contributed by atoms with Crippen molar-refractivity contribution in [3.8, 4) is 11.4 Å². The van der Waals surface area contributed by atoms with E-state index in [0.717, 1.165) is 22.6 Å². The summed E-state index contributed by atoms with van der Waals surface area (Å²) in [5, 5.41) is 12.4. The molecule has 1 aliphatic rings. The highest BCUT2D eigenvalue weighted by Crippen LogP contribution is 2.43. The molecule has 1 aliphatic carbocycles. The van der Waals surface area contributed by atoms with Crippen molar-refractivity contribution in [3.05, 3.63) is 83.2 Å². The summed E-state index contributed by atoms with van der Waals surface area (Å²) in [7, 11) is 0. The van der Waals surface area contributed by atoms with Crippen molar-refractivity contribution in [2.24, 2.45) is 11.3 Å². The van der Waals surface area contributed by atoms with Gasteiger partial charge in [0.15, 0.2) is 5.82 Å². The van der Waals surface area contributed by atoms with E-state index >= 15 is 0 Å². The van der Waals surface area contributed by atoms with Gasteiger partial charge in [-0.3, -0.25) is 4.79 Å². The number of nitrogens with one attached hydrogen (secondary N) is 1. The van der Waals surface area contributed by atoms with Crippen LogP contribution in [0.2, 0.25) is 0 Å². The molecule has 2 N–H and O–H groups in total. The number of benzene rings is 2. The number of aliphatic carboxylic acids is 1. The van der Waals surface area contributed by atoms with Gasteiger partial charge in [0.25, 0.3) is 5.91 Å². The second-order valence-corrected chi connectivity index (χ2v) is 13.3. The van der Waals surface area contributed by atoms with Gasteiger partial charge in [0, 0.05) is 29.9 Å². The molecule has 0 bridgehead atoms. The second kappa shape index (κ2) is 11.9. The maximum atomic E-state index is 12.8. The van der Waals surface area contributed by atoms with Gasteiger partial charge >= 0.3 is 5.97 Å². The fourth-order valence-electron chi connectivity index (χ4n) is 5.58. The number of amides is 1. The Kier molecular flexibility index (Phi) is 8.77. The Morgan fingerprint density at radius 3 is 1.95 bits per heavy atom. The summed E-state index contributed by atoms with van der Waals surface area (Å²) >= 11 is 0. The van der Waals surface area contributed by atoms with Crippen molar-refractivity contribution in [1.82, 2.24) is 15.3 Å². The molecule has 0 saturated heterocycles. The molecule has 1 amide bonds. The van der Waals surface area contributed by atoms with E-state index in [9.17, 15) is 14.7 Å². The summed E-state index contributed by atoms with van der Waals surface area (Å²) < 4.78 is 0.